The molecule has 0 saturated heterocycles. The molecule has 41 heavy (non-hydrogen) atoms. The molecule has 0 fully saturated rings. The number of carbonyl (C=O) groups excluding carboxylic acids is 2. The molecule has 0 radical (unpaired) electrons. The number of carbonyl (C=O) groups is 2. The predicted octanol–water partition coefficient (Wildman–Crippen LogP) is 3.72. The van der Waals surface area contributed by atoms with Gasteiger partial charge in [0.25, 0.3) is 7.52 Å². The van der Waals surface area contributed by atoms with Gasteiger partial charge in [0.05, 0.1) is 43.9 Å². The standard InChI is InChI=1S/C27H39N6O7P/c1-6-10-37-15-27(5,14-34)32-41(36,39-13-21-8-7-9-22(11-21)26(35)40-19(2)3)18-38-20(4)12-33-17-31-23-24(28)29-16-30-25(23)33/h7-9,11,14,16-17,19-20H,6,10,12-13,15,18H2,1-5H3,(H,32,36)(H2,28,29,30)/t20-,27?,41+/m1/s1. The van der Waals surface area contributed by atoms with Crippen molar-refractivity contribution in [1.29, 1.82) is 0 Å². The number of nitrogen functional groups attached to an aromatic ring is 1. The lowest BCUT2D eigenvalue weighted by Gasteiger charge is -2.30. The Hall–Kier alpha value is -3.22. The van der Waals surface area contributed by atoms with Gasteiger partial charge in [0.15, 0.2) is 11.5 Å². The summed E-state index contributed by atoms with van der Waals surface area (Å²) in [6, 6.07) is 6.66. The van der Waals surface area contributed by atoms with Gasteiger partial charge in [0.2, 0.25) is 0 Å². The van der Waals surface area contributed by atoms with E-state index in [0.717, 1.165) is 6.42 Å². The van der Waals surface area contributed by atoms with E-state index in [4.69, 9.17) is 24.5 Å². The number of nitrogens with one attached hydrogen (secondary N) is 1. The molecule has 0 spiro atoms. The first kappa shape index (κ1) is 32.3. The van der Waals surface area contributed by atoms with Crippen molar-refractivity contribution in [1.82, 2.24) is 24.6 Å². The third-order valence-corrected chi connectivity index (χ3v) is 7.68. The molecule has 1 unspecified atom stereocenters. The molecule has 0 saturated carbocycles. The van der Waals surface area contributed by atoms with Crippen molar-refractivity contribution in [2.24, 2.45) is 0 Å². The third-order valence-electron chi connectivity index (χ3n) is 5.79. The molecule has 3 N–H and O–H groups in total. The molecule has 14 heteroatoms. The quantitative estimate of drug-likeness (QED) is 0.101. The van der Waals surface area contributed by atoms with Crippen LogP contribution in [0.3, 0.4) is 0 Å². The van der Waals surface area contributed by atoms with E-state index in [1.54, 1.807) is 62.9 Å². The number of aromatic nitrogens is 4. The van der Waals surface area contributed by atoms with E-state index in [1.807, 2.05) is 6.92 Å². The van der Waals surface area contributed by atoms with Gasteiger partial charge in [-0.1, -0.05) is 19.1 Å². The van der Waals surface area contributed by atoms with Gasteiger partial charge in [0, 0.05) is 6.61 Å². The summed E-state index contributed by atoms with van der Waals surface area (Å²) in [6.45, 7) is 9.51. The van der Waals surface area contributed by atoms with Crippen molar-refractivity contribution in [3.63, 3.8) is 0 Å². The van der Waals surface area contributed by atoms with E-state index in [1.165, 1.54) is 6.33 Å². The minimum Gasteiger partial charge on any atom is -0.459 e. The van der Waals surface area contributed by atoms with Crippen LogP contribution < -0.4 is 10.8 Å². The van der Waals surface area contributed by atoms with Crippen molar-refractivity contribution < 1.29 is 32.9 Å². The van der Waals surface area contributed by atoms with E-state index in [2.05, 4.69) is 20.0 Å². The molecule has 0 aliphatic carbocycles. The second-order valence-corrected chi connectivity index (χ2v) is 12.3. The fourth-order valence-electron chi connectivity index (χ4n) is 3.85. The summed E-state index contributed by atoms with van der Waals surface area (Å²) in [5.41, 5.74) is 6.53. The second kappa shape index (κ2) is 14.6. The highest BCUT2D eigenvalue weighted by Gasteiger charge is 2.36. The topological polar surface area (TPSA) is 170 Å². The van der Waals surface area contributed by atoms with Gasteiger partial charge in [-0.05, 0) is 51.8 Å². The molecule has 2 heterocycles. The number of hydrogen-bond acceptors (Lipinski definition) is 11. The van der Waals surface area contributed by atoms with Crippen LogP contribution in [-0.4, -0.2) is 69.1 Å². The Morgan fingerprint density at radius 1 is 1.24 bits per heavy atom. The molecule has 0 aliphatic rings. The zero-order chi connectivity index (χ0) is 30.0. The van der Waals surface area contributed by atoms with Crippen molar-refractivity contribution >= 4 is 36.8 Å². The maximum atomic E-state index is 14.1. The van der Waals surface area contributed by atoms with Crippen LogP contribution in [0.5, 0.6) is 0 Å². The molecule has 1 aromatic carbocycles. The van der Waals surface area contributed by atoms with E-state index >= 15 is 0 Å². The van der Waals surface area contributed by atoms with Crippen LogP contribution in [0.2, 0.25) is 0 Å². The largest absolute Gasteiger partial charge is 0.459 e. The Morgan fingerprint density at radius 3 is 2.73 bits per heavy atom. The monoisotopic (exact) mass is 590 g/mol. The van der Waals surface area contributed by atoms with Gasteiger partial charge in [-0.2, -0.15) is 0 Å². The number of hydrogen-bond donors (Lipinski definition) is 2. The first-order valence-corrected chi connectivity index (χ1v) is 15.2. The van der Waals surface area contributed by atoms with Gasteiger partial charge < -0.3 is 33.8 Å². The van der Waals surface area contributed by atoms with Crippen molar-refractivity contribution in [3.8, 4) is 0 Å². The minimum absolute atomic E-state index is 0.00801. The molecule has 0 bridgehead atoms. The number of rotatable bonds is 17. The molecule has 3 atom stereocenters. The maximum absolute atomic E-state index is 14.1. The number of nitrogens with zero attached hydrogens (tertiary/aromatic N) is 4. The summed E-state index contributed by atoms with van der Waals surface area (Å²) in [5, 5.41) is 2.87. The van der Waals surface area contributed by atoms with E-state index in [-0.39, 0.29) is 31.5 Å². The maximum Gasteiger partial charge on any atom is 0.338 e. The van der Waals surface area contributed by atoms with E-state index in [0.29, 0.717) is 41.7 Å². The predicted molar refractivity (Wildman–Crippen MR) is 153 cm³/mol. The zero-order valence-electron chi connectivity index (χ0n) is 24.1. The number of aldehydes is 1. The average Bonchev–Trinajstić information content (AvgIpc) is 3.35. The second-order valence-electron chi connectivity index (χ2n) is 10.2. The van der Waals surface area contributed by atoms with Crippen LogP contribution in [0, 0.1) is 0 Å². The lowest BCUT2D eigenvalue weighted by atomic mass is 10.1. The highest BCUT2D eigenvalue weighted by molar-refractivity contribution is 7.56. The number of nitrogens with two attached hydrogens (primary N) is 1. The Bertz CT molecular complexity index is 1370. The molecule has 2 aromatic heterocycles. The van der Waals surface area contributed by atoms with Crippen LogP contribution >= 0.6 is 7.52 Å². The number of fused-ring (bicyclic) bond motifs is 1. The molecule has 224 valence electrons. The number of ether oxygens (including phenoxy) is 3. The fraction of sp³-hybridized carbons (Fsp3) is 0.519. The average molecular weight is 591 g/mol. The lowest BCUT2D eigenvalue weighted by molar-refractivity contribution is -0.114. The number of imidazole rings is 1. The third kappa shape index (κ3) is 9.40. The van der Waals surface area contributed by atoms with E-state index in [9.17, 15) is 14.2 Å². The van der Waals surface area contributed by atoms with Gasteiger partial charge >= 0.3 is 5.97 Å². The van der Waals surface area contributed by atoms with E-state index < -0.39 is 25.1 Å². The van der Waals surface area contributed by atoms with Gasteiger partial charge in [-0.3, -0.25) is 4.57 Å². The molecular weight excluding hydrogens is 551 g/mol. The molecule has 3 rings (SSSR count). The first-order valence-electron chi connectivity index (χ1n) is 13.4. The summed E-state index contributed by atoms with van der Waals surface area (Å²) < 4.78 is 38.6. The number of esters is 1. The first-order chi connectivity index (χ1) is 19.5. The smallest absolute Gasteiger partial charge is 0.338 e. The molecular formula is C27H39N6O7P. The van der Waals surface area contributed by atoms with Crippen LogP contribution in [-0.2, 0) is 41.2 Å². The normalized spacial score (nSPS) is 15.4. The number of benzene rings is 1. The molecule has 13 nitrogen and oxygen atoms in total. The fourth-order valence-corrected chi connectivity index (χ4v) is 5.76. The highest BCUT2D eigenvalue weighted by atomic mass is 31.2. The van der Waals surface area contributed by atoms with Crippen molar-refractivity contribution in [2.75, 3.05) is 25.3 Å². The molecule has 0 amide bonds. The summed E-state index contributed by atoms with van der Waals surface area (Å²) >= 11 is 0. The Morgan fingerprint density at radius 2 is 2.02 bits per heavy atom. The summed E-state index contributed by atoms with van der Waals surface area (Å²) in [4.78, 5) is 36.8. The van der Waals surface area contributed by atoms with Crippen molar-refractivity contribution in [3.05, 3.63) is 48.0 Å². The summed E-state index contributed by atoms with van der Waals surface area (Å²) in [7, 11) is -3.80. The Labute approximate surface area is 239 Å². The highest BCUT2D eigenvalue weighted by Crippen LogP contribution is 2.45. The summed E-state index contributed by atoms with van der Waals surface area (Å²) in [6.07, 6.45) is 3.28. The molecule has 3 aromatic rings. The van der Waals surface area contributed by atoms with Gasteiger partial charge in [0.1, 0.15) is 30.0 Å². The van der Waals surface area contributed by atoms with Crippen LogP contribution in [0.25, 0.3) is 11.2 Å². The molecule has 0 aliphatic heterocycles. The zero-order valence-corrected chi connectivity index (χ0v) is 25.0. The van der Waals surface area contributed by atoms with Gasteiger partial charge in [-0.25, -0.2) is 24.8 Å². The van der Waals surface area contributed by atoms with Gasteiger partial charge in [-0.15, -0.1) is 0 Å². The van der Waals surface area contributed by atoms with Crippen LogP contribution in [0.4, 0.5) is 5.82 Å². The Kier molecular flexibility index (Phi) is 11.5. The van der Waals surface area contributed by atoms with Crippen LogP contribution in [0.15, 0.2) is 36.9 Å². The Balaban J connectivity index is 1.75. The number of anilines is 1. The lowest BCUT2D eigenvalue weighted by Crippen LogP contribution is -2.47. The summed E-state index contributed by atoms with van der Waals surface area (Å²) in [5.74, 6) is -0.203. The SMILES string of the molecule is CCCOCC(C)(C=O)N[P@](=O)(CO[C@H](C)Cn1cnc2c(N)ncnc21)OCc1cccc(C(=O)OC(C)C)c1. The van der Waals surface area contributed by atoms with Crippen molar-refractivity contribution in [2.45, 2.75) is 71.9 Å². The van der Waals surface area contributed by atoms with Crippen LogP contribution in [0.1, 0.15) is 57.0 Å². The minimum atomic E-state index is -3.80.